The average Bonchev–Trinajstić information content (AvgIpc) is 2.75. The zero-order valence-corrected chi connectivity index (χ0v) is 16.4. The van der Waals surface area contributed by atoms with Crippen molar-refractivity contribution >= 4 is 35.3 Å². The minimum Gasteiger partial charge on any atom is -0.489 e. The van der Waals surface area contributed by atoms with Crippen molar-refractivity contribution in [3.05, 3.63) is 94.8 Å². The van der Waals surface area contributed by atoms with Gasteiger partial charge in [-0.25, -0.2) is 9.82 Å². The Bertz CT molecular complexity index is 1070. The van der Waals surface area contributed by atoms with Crippen LogP contribution in [0.25, 0.3) is 0 Å². The molecule has 0 atom stereocenters. The number of nitrogens with zero attached hydrogens (tertiary/aromatic N) is 1. The van der Waals surface area contributed by atoms with Crippen molar-refractivity contribution < 1.29 is 18.7 Å². The van der Waals surface area contributed by atoms with Gasteiger partial charge in [0.25, 0.3) is 0 Å². The Labute approximate surface area is 177 Å². The lowest BCUT2D eigenvalue weighted by atomic mass is 10.2. The molecule has 8 heteroatoms. The molecular weight excluding hydrogens is 409 g/mol. The highest BCUT2D eigenvalue weighted by Crippen LogP contribution is 2.19. The lowest BCUT2D eigenvalue weighted by Crippen LogP contribution is -2.32. The van der Waals surface area contributed by atoms with Gasteiger partial charge in [-0.15, -0.1) is 0 Å². The molecule has 3 rings (SSSR count). The predicted octanol–water partition coefficient (Wildman–Crippen LogP) is 4.15. The van der Waals surface area contributed by atoms with E-state index in [0.717, 1.165) is 5.56 Å². The van der Waals surface area contributed by atoms with Crippen LogP contribution in [0, 0.1) is 5.82 Å². The van der Waals surface area contributed by atoms with E-state index in [1.54, 1.807) is 30.3 Å². The lowest BCUT2D eigenvalue weighted by Gasteiger charge is -2.08. The second kappa shape index (κ2) is 10.2. The number of hydrogen-bond acceptors (Lipinski definition) is 4. The van der Waals surface area contributed by atoms with E-state index >= 15 is 0 Å². The highest BCUT2D eigenvalue weighted by Gasteiger charge is 2.12. The first-order valence-electron chi connectivity index (χ1n) is 8.87. The number of anilines is 1. The van der Waals surface area contributed by atoms with Crippen LogP contribution < -0.4 is 15.5 Å². The molecule has 0 radical (unpaired) electrons. The first-order valence-corrected chi connectivity index (χ1v) is 9.25. The Morgan fingerprint density at radius 3 is 2.53 bits per heavy atom. The maximum atomic E-state index is 12.9. The number of carbonyl (C=O) groups excluding carboxylic acids is 2. The number of benzene rings is 3. The standard InChI is InChI=1S/C22H17ClFN3O3/c23-20-7-2-1-5-16(20)14-30-19-6-3-4-15(12-19)13-25-27-22(29)21(28)26-18-10-8-17(24)9-11-18/h1-13H,14H2,(H,26,28)(H,27,29)/b25-13-. The van der Waals surface area contributed by atoms with Crippen molar-refractivity contribution in [3.8, 4) is 5.75 Å². The van der Waals surface area contributed by atoms with Gasteiger partial charge in [0.1, 0.15) is 18.2 Å². The van der Waals surface area contributed by atoms with Gasteiger partial charge in [-0.3, -0.25) is 9.59 Å². The van der Waals surface area contributed by atoms with Gasteiger partial charge in [0, 0.05) is 16.3 Å². The Morgan fingerprint density at radius 1 is 1.00 bits per heavy atom. The van der Waals surface area contributed by atoms with E-state index in [4.69, 9.17) is 16.3 Å². The third-order valence-corrected chi connectivity index (χ3v) is 4.27. The van der Waals surface area contributed by atoms with Crippen molar-refractivity contribution in [3.63, 3.8) is 0 Å². The van der Waals surface area contributed by atoms with Gasteiger partial charge in [0.15, 0.2) is 0 Å². The van der Waals surface area contributed by atoms with Crippen molar-refractivity contribution in [1.29, 1.82) is 0 Å². The number of hydrazone groups is 1. The molecule has 3 aromatic carbocycles. The molecular formula is C22H17ClFN3O3. The maximum Gasteiger partial charge on any atom is 0.329 e. The highest BCUT2D eigenvalue weighted by molar-refractivity contribution is 6.39. The van der Waals surface area contributed by atoms with Crippen LogP contribution in [0.2, 0.25) is 5.02 Å². The summed E-state index contributed by atoms with van der Waals surface area (Å²) in [4.78, 5) is 23.6. The lowest BCUT2D eigenvalue weighted by molar-refractivity contribution is -0.136. The summed E-state index contributed by atoms with van der Waals surface area (Å²) < 4.78 is 18.6. The SMILES string of the molecule is O=C(N/N=C\c1cccc(OCc2ccccc2Cl)c1)C(=O)Nc1ccc(F)cc1. The number of carbonyl (C=O) groups is 2. The van der Waals surface area contributed by atoms with Crippen LogP contribution in [0.5, 0.6) is 5.75 Å². The fraction of sp³-hybridized carbons (Fsp3) is 0.0455. The molecule has 3 aromatic rings. The number of nitrogens with one attached hydrogen (secondary N) is 2. The third kappa shape index (κ3) is 6.15. The summed E-state index contributed by atoms with van der Waals surface area (Å²) in [6.45, 7) is 0.306. The highest BCUT2D eigenvalue weighted by atomic mass is 35.5. The van der Waals surface area contributed by atoms with Crippen LogP contribution in [0.3, 0.4) is 0 Å². The van der Waals surface area contributed by atoms with Crippen molar-refractivity contribution in [2.24, 2.45) is 5.10 Å². The zero-order valence-electron chi connectivity index (χ0n) is 15.6. The molecule has 2 N–H and O–H groups in total. The molecule has 0 aliphatic heterocycles. The van der Waals surface area contributed by atoms with Gasteiger partial charge in [-0.05, 0) is 48.0 Å². The molecule has 0 saturated carbocycles. The molecule has 0 unspecified atom stereocenters. The van der Waals surface area contributed by atoms with E-state index in [2.05, 4.69) is 15.8 Å². The molecule has 6 nitrogen and oxygen atoms in total. The predicted molar refractivity (Wildman–Crippen MR) is 113 cm³/mol. The van der Waals surface area contributed by atoms with Gasteiger partial charge in [0.05, 0.1) is 6.21 Å². The average molecular weight is 426 g/mol. The summed E-state index contributed by atoms with van der Waals surface area (Å²) in [6.07, 6.45) is 1.38. The molecule has 0 spiro atoms. The number of rotatable bonds is 6. The molecule has 0 saturated heterocycles. The molecule has 0 fully saturated rings. The Hall–Kier alpha value is -3.71. The van der Waals surface area contributed by atoms with Gasteiger partial charge >= 0.3 is 11.8 Å². The fourth-order valence-electron chi connectivity index (χ4n) is 2.40. The maximum absolute atomic E-state index is 12.9. The first kappa shape index (κ1) is 21.0. The number of amides is 2. The Kier molecular flexibility index (Phi) is 7.13. The quantitative estimate of drug-likeness (QED) is 0.354. The number of ether oxygens (including phenoxy) is 1. The number of hydrogen-bond donors (Lipinski definition) is 2. The molecule has 0 aliphatic rings. The molecule has 0 aromatic heterocycles. The van der Waals surface area contributed by atoms with E-state index in [1.165, 1.54) is 30.5 Å². The van der Waals surface area contributed by atoms with Gasteiger partial charge < -0.3 is 10.1 Å². The molecule has 30 heavy (non-hydrogen) atoms. The third-order valence-electron chi connectivity index (χ3n) is 3.90. The Balaban J connectivity index is 1.52. The molecule has 152 valence electrons. The second-order valence-corrected chi connectivity index (χ2v) is 6.52. The van der Waals surface area contributed by atoms with Crippen LogP contribution in [0.4, 0.5) is 10.1 Å². The summed E-state index contributed by atoms with van der Waals surface area (Å²) in [5.74, 6) is -1.73. The normalized spacial score (nSPS) is 10.6. The van der Waals surface area contributed by atoms with E-state index in [0.29, 0.717) is 28.6 Å². The molecule has 0 bridgehead atoms. The van der Waals surface area contributed by atoms with Crippen molar-refractivity contribution in [2.75, 3.05) is 5.32 Å². The van der Waals surface area contributed by atoms with Crippen LogP contribution in [-0.2, 0) is 16.2 Å². The summed E-state index contributed by atoms with van der Waals surface area (Å²) in [5, 5.41) is 6.73. The summed E-state index contributed by atoms with van der Waals surface area (Å²) >= 11 is 6.11. The monoisotopic (exact) mass is 425 g/mol. The van der Waals surface area contributed by atoms with Crippen LogP contribution in [-0.4, -0.2) is 18.0 Å². The topological polar surface area (TPSA) is 79.8 Å². The Morgan fingerprint density at radius 2 is 1.77 bits per heavy atom. The smallest absolute Gasteiger partial charge is 0.329 e. The molecule has 2 amide bonds. The van der Waals surface area contributed by atoms with Gasteiger partial charge in [0.2, 0.25) is 0 Å². The molecule has 0 heterocycles. The van der Waals surface area contributed by atoms with Crippen LogP contribution in [0.15, 0.2) is 77.9 Å². The van der Waals surface area contributed by atoms with E-state index < -0.39 is 17.6 Å². The van der Waals surface area contributed by atoms with E-state index in [-0.39, 0.29) is 0 Å². The minimum absolute atomic E-state index is 0.295. The van der Waals surface area contributed by atoms with E-state index in [9.17, 15) is 14.0 Å². The summed E-state index contributed by atoms with van der Waals surface area (Å²) in [7, 11) is 0. The molecule has 0 aliphatic carbocycles. The van der Waals surface area contributed by atoms with E-state index in [1.807, 2.05) is 18.2 Å². The van der Waals surface area contributed by atoms with Crippen molar-refractivity contribution in [1.82, 2.24) is 5.43 Å². The number of halogens is 2. The van der Waals surface area contributed by atoms with Crippen molar-refractivity contribution in [2.45, 2.75) is 6.61 Å². The van der Waals surface area contributed by atoms with Crippen LogP contribution >= 0.6 is 11.6 Å². The van der Waals surface area contributed by atoms with Gasteiger partial charge in [-0.1, -0.05) is 41.9 Å². The first-order chi connectivity index (χ1) is 14.5. The largest absolute Gasteiger partial charge is 0.489 e. The second-order valence-electron chi connectivity index (χ2n) is 6.11. The minimum atomic E-state index is -0.957. The fourth-order valence-corrected chi connectivity index (χ4v) is 2.59. The zero-order chi connectivity index (χ0) is 21.3. The summed E-state index contributed by atoms with van der Waals surface area (Å²) in [5.41, 5.74) is 3.95. The van der Waals surface area contributed by atoms with Crippen LogP contribution in [0.1, 0.15) is 11.1 Å². The summed E-state index contributed by atoms with van der Waals surface area (Å²) in [6, 6.07) is 19.5. The van der Waals surface area contributed by atoms with Gasteiger partial charge in [-0.2, -0.15) is 5.10 Å².